The molecular formula is C15H27F3N2. The first kappa shape index (κ1) is 16.1. The Morgan fingerprint density at radius 1 is 1.20 bits per heavy atom. The zero-order valence-electron chi connectivity index (χ0n) is 12.4. The van der Waals surface area contributed by atoms with Crippen LogP contribution in [0.2, 0.25) is 0 Å². The molecule has 2 aliphatic rings. The SMILES string of the molecule is CC(CCCC(F)(F)F)N(CC1CC1)CC1CCCN1. The molecule has 2 atom stereocenters. The van der Waals surface area contributed by atoms with Crippen LogP contribution in [0.25, 0.3) is 0 Å². The lowest BCUT2D eigenvalue weighted by Gasteiger charge is -2.31. The Hall–Kier alpha value is -0.290. The van der Waals surface area contributed by atoms with Gasteiger partial charge in [0.25, 0.3) is 0 Å². The maximum Gasteiger partial charge on any atom is 0.389 e. The smallest absolute Gasteiger partial charge is 0.313 e. The lowest BCUT2D eigenvalue weighted by atomic mass is 10.1. The van der Waals surface area contributed by atoms with E-state index in [2.05, 4.69) is 17.1 Å². The molecule has 2 nitrogen and oxygen atoms in total. The van der Waals surface area contributed by atoms with Crippen molar-refractivity contribution in [3.63, 3.8) is 0 Å². The molecule has 1 N–H and O–H groups in total. The molecule has 2 rings (SSSR count). The number of rotatable bonds is 8. The fourth-order valence-electron chi connectivity index (χ4n) is 3.04. The van der Waals surface area contributed by atoms with Crippen molar-refractivity contribution in [1.82, 2.24) is 10.2 Å². The lowest BCUT2D eigenvalue weighted by molar-refractivity contribution is -0.136. The molecule has 2 unspecified atom stereocenters. The van der Waals surface area contributed by atoms with E-state index in [0.29, 0.717) is 12.5 Å². The third kappa shape index (κ3) is 6.00. The van der Waals surface area contributed by atoms with Gasteiger partial charge in [-0.15, -0.1) is 0 Å². The molecule has 118 valence electrons. The first-order chi connectivity index (χ1) is 9.44. The van der Waals surface area contributed by atoms with Gasteiger partial charge in [0.15, 0.2) is 0 Å². The highest BCUT2D eigenvalue weighted by atomic mass is 19.4. The van der Waals surface area contributed by atoms with Crippen LogP contribution in [0.5, 0.6) is 0 Å². The van der Waals surface area contributed by atoms with Crippen LogP contribution in [0, 0.1) is 5.92 Å². The Bertz CT molecular complexity index is 283. The summed E-state index contributed by atoms with van der Waals surface area (Å²) < 4.78 is 36.7. The van der Waals surface area contributed by atoms with Gasteiger partial charge in [0.1, 0.15) is 0 Å². The van der Waals surface area contributed by atoms with Gasteiger partial charge in [-0.3, -0.25) is 4.90 Å². The fourth-order valence-corrected chi connectivity index (χ4v) is 3.04. The topological polar surface area (TPSA) is 15.3 Å². The second kappa shape index (κ2) is 7.12. The zero-order valence-corrected chi connectivity index (χ0v) is 12.4. The van der Waals surface area contributed by atoms with Crippen LogP contribution in [0.1, 0.15) is 51.9 Å². The highest BCUT2D eigenvalue weighted by Crippen LogP contribution is 2.31. The number of nitrogens with zero attached hydrogens (tertiary/aromatic N) is 1. The van der Waals surface area contributed by atoms with Gasteiger partial charge < -0.3 is 5.32 Å². The fraction of sp³-hybridized carbons (Fsp3) is 1.00. The van der Waals surface area contributed by atoms with E-state index in [1.54, 1.807) is 0 Å². The standard InChI is InChI=1S/C15H27F3N2/c1-12(4-2-8-15(16,17)18)20(10-13-6-7-13)11-14-5-3-9-19-14/h12-14,19H,2-11H2,1H3. The molecule has 0 bridgehead atoms. The van der Waals surface area contributed by atoms with Gasteiger partial charge in [-0.2, -0.15) is 13.2 Å². The lowest BCUT2D eigenvalue weighted by Crippen LogP contribution is -2.43. The van der Waals surface area contributed by atoms with E-state index >= 15 is 0 Å². The Morgan fingerprint density at radius 3 is 2.50 bits per heavy atom. The number of hydrogen-bond acceptors (Lipinski definition) is 2. The Labute approximate surface area is 120 Å². The molecule has 0 radical (unpaired) electrons. The third-order valence-electron chi connectivity index (χ3n) is 4.51. The number of alkyl halides is 3. The van der Waals surface area contributed by atoms with E-state index in [1.165, 1.54) is 25.7 Å². The Morgan fingerprint density at radius 2 is 1.95 bits per heavy atom. The van der Waals surface area contributed by atoms with Gasteiger partial charge in [0, 0.05) is 31.6 Å². The first-order valence-corrected chi connectivity index (χ1v) is 7.98. The molecule has 0 aromatic heterocycles. The number of hydrogen-bond donors (Lipinski definition) is 1. The summed E-state index contributed by atoms with van der Waals surface area (Å²) in [4.78, 5) is 2.43. The van der Waals surface area contributed by atoms with E-state index in [9.17, 15) is 13.2 Å². The molecule has 5 heteroatoms. The molecule has 0 amide bonds. The van der Waals surface area contributed by atoms with Crippen LogP contribution in [-0.2, 0) is 0 Å². The highest BCUT2D eigenvalue weighted by Gasteiger charge is 2.30. The average molecular weight is 292 g/mol. The predicted octanol–water partition coefficient (Wildman–Crippen LogP) is 3.57. The molecule has 0 aromatic carbocycles. The van der Waals surface area contributed by atoms with Crippen molar-refractivity contribution in [3.05, 3.63) is 0 Å². The normalized spacial score (nSPS) is 25.4. The minimum atomic E-state index is -4.01. The van der Waals surface area contributed by atoms with Crippen molar-refractivity contribution in [3.8, 4) is 0 Å². The van der Waals surface area contributed by atoms with Crippen molar-refractivity contribution < 1.29 is 13.2 Å². The summed E-state index contributed by atoms with van der Waals surface area (Å²) in [6.07, 6.45) is 1.28. The predicted molar refractivity (Wildman–Crippen MR) is 74.7 cm³/mol. The minimum Gasteiger partial charge on any atom is -0.313 e. The van der Waals surface area contributed by atoms with Crippen LogP contribution < -0.4 is 5.32 Å². The van der Waals surface area contributed by atoms with E-state index in [1.807, 2.05) is 0 Å². The molecule has 1 saturated carbocycles. The van der Waals surface area contributed by atoms with Crippen LogP contribution in [0.3, 0.4) is 0 Å². The van der Waals surface area contributed by atoms with Crippen molar-refractivity contribution in [1.29, 1.82) is 0 Å². The second-order valence-corrected chi connectivity index (χ2v) is 6.55. The quantitative estimate of drug-likeness (QED) is 0.736. The van der Waals surface area contributed by atoms with Crippen molar-refractivity contribution in [2.75, 3.05) is 19.6 Å². The van der Waals surface area contributed by atoms with Gasteiger partial charge in [-0.1, -0.05) is 0 Å². The molecule has 1 aliphatic heterocycles. The maximum atomic E-state index is 12.2. The molecule has 20 heavy (non-hydrogen) atoms. The molecule has 1 aliphatic carbocycles. The second-order valence-electron chi connectivity index (χ2n) is 6.55. The van der Waals surface area contributed by atoms with E-state index < -0.39 is 12.6 Å². The third-order valence-corrected chi connectivity index (χ3v) is 4.51. The molecule has 0 aromatic rings. The summed E-state index contributed by atoms with van der Waals surface area (Å²) in [5.41, 5.74) is 0. The van der Waals surface area contributed by atoms with Crippen LogP contribution >= 0.6 is 0 Å². The minimum absolute atomic E-state index is 0.254. The van der Waals surface area contributed by atoms with E-state index in [-0.39, 0.29) is 12.5 Å². The zero-order chi connectivity index (χ0) is 14.6. The van der Waals surface area contributed by atoms with Gasteiger partial charge >= 0.3 is 6.18 Å². The van der Waals surface area contributed by atoms with E-state index in [0.717, 1.165) is 25.6 Å². The van der Waals surface area contributed by atoms with Crippen molar-refractivity contribution in [2.24, 2.45) is 5.92 Å². The van der Waals surface area contributed by atoms with Gasteiger partial charge in [-0.25, -0.2) is 0 Å². The Kier molecular flexibility index (Phi) is 5.73. The highest BCUT2D eigenvalue weighted by molar-refractivity contribution is 4.84. The van der Waals surface area contributed by atoms with Crippen molar-refractivity contribution in [2.45, 2.75) is 70.1 Å². The summed E-state index contributed by atoms with van der Waals surface area (Å²) in [5, 5.41) is 3.49. The molecule has 1 heterocycles. The summed E-state index contributed by atoms with van der Waals surface area (Å²) in [6, 6.07) is 0.805. The largest absolute Gasteiger partial charge is 0.389 e. The van der Waals surface area contributed by atoms with Crippen molar-refractivity contribution >= 4 is 0 Å². The molecule has 1 saturated heterocycles. The monoisotopic (exact) mass is 292 g/mol. The maximum absolute atomic E-state index is 12.2. The molecular weight excluding hydrogens is 265 g/mol. The van der Waals surface area contributed by atoms with E-state index in [4.69, 9.17) is 0 Å². The first-order valence-electron chi connectivity index (χ1n) is 7.98. The molecule has 0 spiro atoms. The number of nitrogens with one attached hydrogen (secondary N) is 1. The van der Waals surface area contributed by atoms with Gasteiger partial charge in [0.2, 0.25) is 0 Å². The Balaban J connectivity index is 1.74. The average Bonchev–Trinajstić information content (AvgIpc) is 3.01. The van der Waals surface area contributed by atoms with Crippen LogP contribution in [0.15, 0.2) is 0 Å². The summed E-state index contributed by atoms with van der Waals surface area (Å²) >= 11 is 0. The summed E-state index contributed by atoms with van der Waals surface area (Å²) in [7, 11) is 0. The number of halogens is 3. The van der Waals surface area contributed by atoms with Gasteiger partial charge in [-0.05, 0) is 57.9 Å². The van der Waals surface area contributed by atoms with Gasteiger partial charge in [0.05, 0.1) is 0 Å². The van der Waals surface area contributed by atoms with Crippen LogP contribution in [0.4, 0.5) is 13.2 Å². The van der Waals surface area contributed by atoms with Crippen LogP contribution in [-0.4, -0.2) is 42.8 Å². The summed E-state index contributed by atoms with van der Waals surface area (Å²) in [5.74, 6) is 0.793. The molecule has 2 fully saturated rings. The summed E-state index contributed by atoms with van der Waals surface area (Å²) in [6.45, 7) is 5.26.